The lowest BCUT2D eigenvalue weighted by atomic mass is 10.5. The van der Waals surface area contributed by atoms with Gasteiger partial charge in [-0.25, -0.2) is 8.42 Å². The standard InChI is InChI=1S/C9H12N4O3S/c1-13-5-8(3-11-13)12-17(15,16)9-2-7(6-14)10-4-9/h2-5,10,12,14H,6H2,1H3. The Morgan fingerprint density at radius 2 is 2.35 bits per heavy atom. The highest BCUT2D eigenvalue weighted by molar-refractivity contribution is 7.92. The molecular weight excluding hydrogens is 244 g/mol. The Labute approximate surface area is 98.1 Å². The van der Waals surface area contributed by atoms with Gasteiger partial charge in [0.1, 0.15) is 4.90 Å². The van der Waals surface area contributed by atoms with E-state index in [-0.39, 0.29) is 11.5 Å². The molecule has 0 aliphatic heterocycles. The SMILES string of the molecule is Cn1cc(NS(=O)(=O)c2c[nH]c(CO)c2)cn1. The molecule has 0 radical (unpaired) electrons. The zero-order valence-electron chi connectivity index (χ0n) is 9.08. The van der Waals surface area contributed by atoms with E-state index in [9.17, 15) is 8.42 Å². The molecule has 92 valence electrons. The third kappa shape index (κ3) is 2.48. The maximum absolute atomic E-state index is 11.9. The van der Waals surface area contributed by atoms with Gasteiger partial charge in [0, 0.05) is 25.1 Å². The zero-order valence-corrected chi connectivity index (χ0v) is 9.90. The minimum atomic E-state index is -3.63. The summed E-state index contributed by atoms with van der Waals surface area (Å²) >= 11 is 0. The fourth-order valence-electron chi connectivity index (χ4n) is 1.35. The van der Waals surface area contributed by atoms with Gasteiger partial charge >= 0.3 is 0 Å². The summed E-state index contributed by atoms with van der Waals surface area (Å²) in [7, 11) is -1.94. The minimum absolute atomic E-state index is 0.0744. The van der Waals surface area contributed by atoms with Crippen LogP contribution in [0, 0.1) is 0 Å². The Morgan fingerprint density at radius 1 is 1.59 bits per heavy atom. The van der Waals surface area contributed by atoms with Gasteiger partial charge in [0.25, 0.3) is 10.0 Å². The summed E-state index contributed by atoms with van der Waals surface area (Å²) in [6.45, 7) is -0.234. The molecule has 0 bridgehead atoms. The Morgan fingerprint density at radius 3 is 2.88 bits per heavy atom. The van der Waals surface area contributed by atoms with E-state index in [2.05, 4.69) is 14.8 Å². The molecule has 2 rings (SSSR count). The molecule has 2 aromatic heterocycles. The molecule has 0 aliphatic carbocycles. The molecule has 0 fully saturated rings. The zero-order chi connectivity index (χ0) is 12.5. The molecule has 0 aliphatic rings. The molecule has 17 heavy (non-hydrogen) atoms. The van der Waals surface area contributed by atoms with Gasteiger partial charge in [-0.05, 0) is 6.07 Å². The van der Waals surface area contributed by atoms with Crippen molar-refractivity contribution in [3.63, 3.8) is 0 Å². The number of aromatic nitrogens is 3. The van der Waals surface area contributed by atoms with Crippen molar-refractivity contribution in [2.75, 3.05) is 4.72 Å². The van der Waals surface area contributed by atoms with Crippen LogP contribution in [-0.2, 0) is 23.7 Å². The van der Waals surface area contributed by atoms with Crippen LogP contribution in [0.4, 0.5) is 5.69 Å². The third-order valence-corrected chi connectivity index (χ3v) is 3.51. The molecule has 0 amide bonds. The largest absolute Gasteiger partial charge is 0.390 e. The van der Waals surface area contributed by atoms with E-state index in [4.69, 9.17) is 5.11 Å². The van der Waals surface area contributed by atoms with Crippen LogP contribution in [0.3, 0.4) is 0 Å². The van der Waals surface area contributed by atoms with Crippen molar-refractivity contribution in [2.45, 2.75) is 11.5 Å². The van der Waals surface area contributed by atoms with E-state index in [0.717, 1.165) is 0 Å². The maximum Gasteiger partial charge on any atom is 0.263 e. The smallest absolute Gasteiger partial charge is 0.263 e. The van der Waals surface area contributed by atoms with Gasteiger partial charge in [-0.15, -0.1) is 0 Å². The molecule has 2 heterocycles. The second-order valence-electron chi connectivity index (χ2n) is 3.53. The normalized spacial score (nSPS) is 11.6. The molecule has 0 saturated heterocycles. The summed E-state index contributed by atoms with van der Waals surface area (Å²) in [6, 6.07) is 1.37. The van der Waals surface area contributed by atoms with E-state index in [1.165, 1.54) is 23.1 Å². The van der Waals surface area contributed by atoms with E-state index in [1.807, 2.05) is 0 Å². The van der Waals surface area contributed by atoms with Crippen LogP contribution in [-0.4, -0.2) is 28.3 Å². The average Bonchev–Trinajstić information content (AvgIpc) is 2.86. The Kier molecular flexibility index (Phi) is 2.90. The van der Waals surface area contributed by atoms with Crippen molar-refractivity contribution in [1.29, 1.82) is 0 Å². The van der Waals surface area contributed by atoms with Gasteiger partial charge in [-0.2, -0.15) is 5.10 Å². The second-order valence-corrected chi connectivity index (χ2v) is 5.21. The highest BCUT2D eigenvalue weighted by atomic mass is 32.2. The van der Waals surface area contributed by atoms with Gasteiger partial charge in [-0.3, -0.25) is 9.40 Å². The highest BCUT2D eigenvalue weighted by Gasteiger charge is 2.16. The lowest BCUT2D eigenvalue weighted by Gasteiger charge is -2.02. The molecule has 7 nitrogen and oxygen atoms in total. The van der Waals surface area contributed by atoms with E-state index in [1.54, 1.807) is 13.2 Å². The maximum atomic E-state index is 11.9. The number of aromatic amines is 1. The number of nitrogens with zero attached hydrogens (tertiary/aromatic N) is 2. The van der Waals surface area contributed by atoms with Gasteiger partial charge < -0.3 is 10.1 Å². The summed E-state index contributed by atoms with van der Waals surface area (Å²) in [5.74, 6) is 0. The van der Waals surface area contributed by atoms with Crippen molar-refractivity contribution in [3.05, 3.63) is 30.4 Å². The van der Waals surface area contributed by atoms with Crippen molar-refractivity contribution < 1.29 is 13.5 Å². The fourth-order valence-corrected chi connectivity index (χ4v) is 2.40. The molecule has 2 aromatic rings. The first-order valence-corrected chi connectivity index (χ1v) is 6.29. The second kappa shape index (κ2) is 4.22. The minimum Gasteiger partial charge on any atom is -0.390 e. The van der Waals surface area contributed by atoms with Crippen molar-refractivity contribution >= 4 is 15.7 Å². The Bertz CT molecular complexity index is 614. The fraction of sp³-hybridized carbons (Fsp3) is 0.222. The first kappa shape index (κ1) is 11.7. The van der Waals surface area contributed by atoms with E-state index < -0.39 is 10.0 Å². The van der Waals surface area contributed by atoms with Crippen LogP contribution >= 0.6 is 0 Å². The lowest BCUT2D eigenvalue weighted by molar-refractivity contribution is 0.277. The Balaban J connectivity index is 2.24. The third-order valence-electron chi connectivity index (χ3n) is 2.15. The number of hydrogen-bond donors (Lipinski definition) is 3. The van der Waals surface area contributed by atoms with Crippen molar-refractivity contribution in [3.8, 4) is 0 Å². The topological polar surface area (TPSA) is 100 Å². The molecule has 0 unspecified atom stereocenters. The molecular formula is C9H12N4O3S. The summed E-state index contributed by atoms with van der Waals surface area (Å²) in [6.07, 6.45) is 4.29. The number of rotatable bonds is 4. The lowest BCUT2D eigenvalue weighted by Crippen LogP contribution is -2.11. The predicted molar refractivity (Wildman–Crippen MR) is 60.7 cm³/mol. The number of nitrogens with one attached hydrogen (secondary N) is 2. The molecule has 8 heteroatoms. The van der Waals surface area contributed by atoms with Crippen LogP contribution in [0.2, 0.25) is 0 Å². The molecule has 0 spiro atoms. The van der Waals surface area contributed by atoms with Crippen molar-refractivity contribution in [2.24, 2.45) is 7.05 Å². The number of aliphatic hydroxyl groups excluding tert-OH is 1. The van der Waals surface area contributed by atoms with E-state index >= 15 is 0 Å². The monoisotopic (exact) mass is 256 g/mol. The number of sulfonamides is 1. The highest BCUT2D eigenvalue weighted by Crippen LogP contribution is 2.15. The molecule has 0 atom stereocenters. The number of anilines is 1. The number of hydrogen-bond acceptors (Lipinski definition) is 4. The summed E-state index contributed by atoms with van der Waals surface area (Å²) in [5.41, 5.74) is 0.829. The van der Waals surface area contributed by atoms with E-state index in [0.29, 0.717) is 11.4 Å². The molecule has 3 N–H and O–H groups in total. The number of aryl methyl sites for hydroxylation is 1. The first-order chi connectivity index (χ1) is 8.01. The van der Waals surface area contributed by atoms with Gasteiger partial charge in [0.2, 0.25) is 0 Å². The average molecular weight is 256 g/mol. The van der Waals surface area contributed by atoms with Gasteiger partial charge in [0.15, 0.2) is 0 Å². The van der Waals surface area contributed by atoms with Gasteiger partial charge in [0.05, 0.1) is 18.5 Å². The summed E-state index contributed by atoms with van der Waals surface area (Å²) in [5, 5.41) is 12.7. The summed E-state index contributed by atoms with van der Waals surface area (Å²) in [4.78, 5) is 2.74. The Hall–Kier alpha value is -1.80. The quantitative estimate of drug-likeness (QED) is 0.719. The predicted octanol–water partition coefficient (Wildman–Crippen LogP) is 0.0413. The molecule has 0 aromatic carbocycles. The molecule has 0 saturated carbocycles. The number of aliphatic hydroxyl groups is 1. The van der Waals surface area contributed by atoms with Crippen molar-refractivity contribution in [1.82, 2.24) is 14.8 Å². The van der Waals surface area contributed by atoms with Crippen LogP contribution < -0.4 is 4.72 Å². The number of H-pyrrole nitrogens is 1. The first-order valence-electron chi connectivity index (χ1n) is 4.81. The van der Waals surface area contributed by atoms with Gasteiger partial charge in [-0.1, -0.05) is 0 Å². The van der Waals surface area contributed by atoms with Crippen LogP contribution in [0.5, 0.6) is 0 Å². The van der Waals surface area contributed by atoms with Crippen LogP contribution in [0.25, 0.3) is 0 Å². The van der Waals surface area contributed by atoms with Crippen LogP contribution in [0.15, 0.2) is 29.6 Å². The van der Waals surface area contributed by atoms with Crippen LogP contribution in [0.1, 0.15) is 5.69 Å². The summed E-state index contributed by atoms with van der Waals surface area (Å²) < 4.78 is 27.7.